The fourth-order valence-corrected chi connectivity index (χ4v) is 1.77. The number of hydrogen-bond donors (Lipinski definition) is 2. The number of hydrogen-bond acceptors (Lipinski definition) is 3. The summed E-state index contributed by atoms with van der Waals surface area (Å²) in [7, 11) is 0. The molecule has 88 valence electrons. The Morgan fingerprint density at radius 3 is 2.19 bits per heavy atom. The third-order valence-corrected chi connectivity index (χ3v) is 2.64. The number of urea groups is 1. The van der Waals surface area contributed by atoms with E-state index in [9.17, 15) is 14.4 Å². The molecule has 1 aliphatic heterocycles. The zero-order valence-corrected chi connectivity index (χ0v) is 9.50. The van der Waals surface area contributed by atoms with Crippen molar-refractivity contribution in [2.24, 2.45) is 5.41 Å². The van der Waals surface area contributed by atoms with Gasteiger partial charge in [-0.15, -0.1) is 0 Å². The van der Waals surface area contributed by atoms with Gasteiger partial charge in [0, 0.05) is 0 Å². The third kappa shape index (κ3) is 2.13. The van der Waals surface area contributed by atoms with Crippen LogP contribution in [0.2, 0.25) is 0 Å². The number of imide groups is 2. The van der Waals surface area contributed by atoms with Gasteiger partial charge in [-0.05, 0) is 13.3 Å². The summed E-state index contributed by atoms with van der Waals surface area (Å²) in [5.74, 6) is -1.07. The van der Waals surface area contributed by atoms with E-state index in [1.165, 1.54) is 0 Å². The Hall–Kier alpha value is -1.65. The monoisotopic (exact) mass is 224 g/mol. The highest BCUT2D eigenvalue weighted by molar-refractivity contribution is 6.20. The van der Waals surface area contributed by atoms with Gasteiger partial charge in [-0.3, -0.25) is 20.2 Å². The number of nitrogens with one attached hydrogen (secondary N) is 2. The number of allylic oxidation sites excluding steroid dienone is 1. The molecule has 1 heterocycles. The Kier molecular flexibility index (Phi) is 3.82. The van der Waals surface area contributed by atoms with Crippen LogP contribution in [0.15, 0.2) is 12.2 Å². The molecule has 1 saturated heterocycles. The molecule has 1 rings (SSSR count). The summed E-state index contributed by atoms with van der Waals surface area (Å²) in [6, 6.07) is -0.744. The van der Waals surface area contributed by atoms with E-state index in [1.54, 1.807) is 19.1 Å². The number of carbonyl (C=O) groups excluding carboxylic acids is 3. The molecule has 2 N–H and O–H groups in total. The third-order valence-electron chi connectivity index (χ3n) is 2.64. The zero-order valence-electron chi connectivity index (χ0n) is 9.50. The number of carbonyl (C=O) groups is 3. The molecule has 16 heavy (non-hydrogen) atoms. The lowest BCUT2D eigenvalue weighted by atomic mass is 9.79. The van der Waals surface area contributed by atoms with Crippen LogP contribution in [-0.2, 0) is 9.59 Å². The van der Waals surface area contributed by atoms with E-state index in [2.05, 4.69) is 10.6 Å². The van der Waals surface area contributed by atoms with E-state index in [4.69, 9.17) is 0 Å². The van der Waals surface area contributed by atoms with Crippen molar-refractivity contribution in [2.75, 3.05) is 0 Å². The van der Waals surface area contributed by atoms with Gasteiger partial charge < -0.3 is 0 Å². The molecule has 0 aromatic heterocycles. The van der Waals surface area contributed by atoms with Crippen LogP contribution in [0.4, 0.5) is 4.79 Å². The molecule has 0 aromatic rings. The average Bonchev–Trinajstić information content (AvgIpc) is 2.22. The predicted molar refractivity (Wildman–Crippen MR) is 58.5 cm³/mol. The van der Waals surface area contributed by atoms with Gasteiger partial charge in [0.25, 0.3) is 0 Å². The maximum atomic E-state index is 11.8. The van der Waals surface area contributed by atoms with E-state index in [0.29, 0.717) is 6.42 Å². The van der Waals surface area contributed by atoms with Crippen molar-refractivity contribution in [3.8, 4) is 0 Å². The van der Waals surface area contributed by atoms with E-state index in [0.717, 1.165) is 12.8 Å². The van der Waals surface area contributed by atoms with Gasteiger partial charge in [0.15, 0.2) is 0 Å². The van der Waals surface area contributed by atoms with Gasteiger partial charge in [0.2, 0.25) is 11.8 Å². The van der Waals surface area contributed by atoms with Crippen molar-refractivity contribution in [3.63, 3.8) is 0 Å². The van der Waals surface area contributed by atoms with Gasteiger partial charge in [-0.25, -0.2) is 4.79 Å². The van der Waals surface area contributed by atoms with Crippen LogP contribution in [0, 0.1) is 5.41 Å². The van der Waals surface area contributed by atoms with Crippen LogP contribution in [0.1, 0.15) is 33.1 Å². The van der Waals surface area contributed by atoms with E-state index < -0.39 is 23.3 Å². The van der Waals surface area contributed by atoms with Crippen molar-refractivity contribution >= 4 is 17.8 Å². The molecule has 0 saturated carbocycles. The molecule has 0 radical (unpaired) electrons. The molecule has 0 unspecified atom stereocenters. The minimum absolute atomic E-state index is 0.415. The maximum absolute atomic E-state index is 11.8. The number of rotatable bonds is 4. The van der Waals surface area contributed by atoms with E-state index >= 15 is 0 Å². The Morgan fingerprint density at radius 2 is 1.75 bits per heavy atom. The van der Waals surface area contributed by atoms with Crippen molar-refractivity contribution in [2.45, 2.75) is 33.1 Å². The van der Waals surface area contributed by atoms with Gasteiger partial charge in [-0.2, -0.15) is 0 Å². The second-order valence-corrected chi connectivity index (χ2v) is 3.81. The Balaban J connectivity index is 3.01. The van der Waals surface area contributed by atoms with Crippen LogP contribution in [0.5, 0.6) is 0 Å². The molecule has 1 aliphatic rings. The number of unbranched alkanes of at least 4 members (excludes halogenated alkanes) is 1. The fraction of sp³-hybridized carbons (Fsp3) is 0.545. The highest BCUT2D eigenvalue weighted by atomic mass is 16.2. The first-order valence-electron chi connectivity index (χ1n) is 5.37. The van der Waals surface area contributed by atoms with Gasteiger partial charge in [0.05, 0.1) is 0 Å². The lowest BCUT2D eigenvalue weighted by molar-refractivity contribution is -0.141. The van der Waals surface area contributed by atoms with Gasteiger partial charge in [0.1, 0.15) is 5.41 Å². The molecular formula is C11H16N2O3. The summed E-state index contributed by atoms with van der Waals surface area (Å²) in [6.45, 7) is 3.72. The van der Waals surface area contributed by atoms with Crippen molar-refractivity contribution in [3.05, 3.63) is 12.2 Å². The normalized spacial score (nSPS) is 19.8. The van der Waals surface area contributed by atoms with Crippen molar-refractivity contribution < 1.29 is 14.4 Å². The summed E-state index contributed by atoms with van der Waals surface area (Å²) in [5, 5.41) is 4.27. The minimum Gasteiger partial charge on any atom is -0.277 e. The van der Waals surface area contributed by atoms with Crippen LogP contribution < -0.4 is 10.6 Å². The smallest absolute Gasteiger partial charge is 0.277 e. The molecule has 0 aromatic carbocycles. The van der Waals surface area contributed by atoms with E-state index in [-0.39, 0.29) is 0 Å². The molecule has 1 fully saturated rings. The molecule has 5 heteroatoms. The van der Waals surface area contributed by atoms with Crippen LogP contribution in [0.3, 0.4) is 0 Å². The first-order valence-corrected chi connectivity index (χ1v) is 5.37. The fourth-order valence-electron chi connectivity index (χ4n) is 1.77. The van der Waals surface area contributed by atoms with Crippen LogP contribution >= 0.6 is 0 Å². The van der Waals surface area contributed by atoms with E-state index in [1.807, 2.05) is 6.92 Å². The minimum atomic E-state index is -1.22. The van der Waals surface area contributed by atoms with Crippen molar-refractivity contribution in [1.29, 1.82) is 0 Å². The summed E-state index contributed by atoms with van der Waals surface area (Å²) in [5.41, 5.74) is -1.22. The first kappa shape index (κ1) is 12.4. The lowest BCUT2D eigenvalue weighted by Gasteiger charge is -2.31. The Bertz CT molecular complexity index is 327. The average molecular weight is 224 g/mol. The standard InChI is InChI=1S/C11H16N2O3/c1-3-5-7-11(6-4-2)8(14)12-10(16)13-9(11)15/h4,6H,3,5,7H2,1-2H3,(H2,12,13,14,15,16)/b6-4+. The molecule has 5 nitrogen and oxygen atoms in total. The largest absolute Gasteiger partial charge is 0.328 e. The Labute approximate surface area is 94.3 Å². The first-order chi connectivity index (χ1) is 7.56. The number of amides is 4. The Morgan fingerprint density at radius 1 is 1.19 bits per heavy atom. The second-order valence-electron chi connectivity index (χ2n) is 3.81. The molecule has 0 spiro atoms. The second kappa shape index (κ2) is 4.92. The highest BCUT2D eigenvalue weighted by Gasteiger charge is 2.47. The topological polar surface area (TPSA) is 75.3 Å². The molecule has 0 atom stereocenters. The lowest BCUT2D eigenvalue weighted by Crippen LogP contribution is -2.61. The van der Waals surface area contributed by atoms with Gasteiger partial charge in [-0.1, -0.05) is 31.9 Å². The molecule has 0 bridgehead atoms. The summed E-state index contributed by atoms with van der Waals surface area (Å²) < 4.78 is 0. The SMILES string of the molecule is C/C=C/C1(CCCC)C(=O)NC(=O)NC1=O. The quantitative estimate of drug-likeness (QED) is 0.554. The molecular weight excluding hydrogens is 208 g/mol. The predicted octanol–water partition coefficient (Wildman–Crippen LogP) is 1.11. The summed E-state index contributed by atoms with van der Waals surface area (Å²) in [6.07, 6.45) is 5.26. The molecule has 0 aliphatic carbocycles. The number of barbiturate groups is 1. The highest BCUT2D eigenvalue weighted by Crippen LogP contribution is 2.29. The maximum Gasteiger partial charge on any atom is 0.328 e. The zero-order chi connectivity index (χ0) is 12.2. The van der Waals surface area contributed by atoms with Crippen molar-refractivity contribution in [1.82, 2.24) is 10.6 Å². The van der Waals surface area contributed by atoms with Gasteiger partial charge >= 0.3 is 6.03 Å². The summed E-state index contributed by atoms with van der Waals surface area (Å²) in [4.78, 5) is 34.5. The van der Waals surface area contributed by atoms with Crippen LogP contribution in [-0.4, -0.2) is 17.8 Å². The van der Waals surface area contributed by atoms with Crippen LogP contribution in [0.25, 0.3) is 0 Å². The molecule has 4 amide bonds. The summed E-state index contributed by atoms with van der Waals surface area (Å²) >= 11 is 0.